The molecule has 34 heavy (non-hydrogen) atoms. The van der Waals surface area contributed by atoms with Crippen molar-refractivity contribution in [3.05, 3.63) is 54.1 Å². The van der Waals surface area contributed by atoms with Crippen LogP contribution in [-0.4, -0.2) is 74.5 Å². The summed E-state index contributed by atoms with van der Waals surface area (Å²) in [7, 11) is 0. The number of benzene rings is 1. The van der Waals surface area contributed by atoms with Gasteiger partial charge in [0.1, 0.15) is 12.1 Å². The number of aromatic amines is 1. The summed E-state index contributed by atoms with van der Waals surface area (Å²) in [6, 6.07) is 4.93. The number of aliphatic carboxylic acids is 2. The van der Waals surface area contributed by atoms with Gasteiger partial charge in [0.15, 0.2) is 0 Å². The van der Waals surface area contributed by atoms with Gasteiger partial charge < -0.3 is 36.9 Å². The van der Waals surface area contributed by atoms with Crippen LogP contribution in [0.3, 0.4) is 0 Å². The third kappa shape index (κ3) is 8.70. The average Bonchev–Trinajstić information content (AvgIpc) is 3.30. The molecule has 0 aliphatic heterocycles. The monoisotopic (exact) mass is 474 g/mol. The van der Waals surface area contributed by atoms with Crippen LogP contribution in [0.2, 0.25) is 0 Å². The highest BCUT2D eigenvalue weighted by Crippen LogP contribution is 2.05. The number of hydrogen-bond donors (Lipinski definition) is 7. The number of nitrogens with zero attached hydrogens (tertiary/aromatic N) is 1. The van der Waals surface area contributed by atoms with Gasteiger partial charge in [0.2, 0.25) is 17.7 Å². The van der Waals surface area contributed by atoms with Crippen LogP contribution in [0.5, 0.6) is 0 Å². The van der Waals surface area contributed by atoms with E-state index in [9.17, 15) is 29.1 Å². The van der Waals surface area contributed by atoms with Crippen molar-refractivity contribution in [2.24, 2.45) is 5.73 Å². The lowest BCUT2D eigenvalue weighted by Gasteiger charge is -2.21. The van der Waals surface area contributed by atoms with Crippen LogP contribution >= 0.6 is 0 Å². The second kappa shape index (κ2) is 12.7. The zero-order chi connectivity index (χ0) is 25.1. The number of nitrogens with one attached hydrogen (secondary N) is 4. The van der Waals surface area contributed by atoms with Crippen LogP contribution in [0.25, 0.3) is 0 Å². The molecule has 0 aliphatic carbocycles. The van der Waals surface area contributed by atoms with E-state index in [1.54, 1.807) is 30.3 Å². The van der Waals surface area contributed by atoms with Gasteiger partial charge in [-0.05, 0) is 5.56 Å². The lowest BCUT2D eigenvalue weighted by molar-refractivity contribution is -0.141. The van der Waals surface area contributed by atoms with E-state index in [0.29, 0.717) is 11.3 Å². The number of rotatable bonds is 13. The Morgan fingerprint density at radius 2 is 1.68 bits per heavy atom. The predicted octanol–water partition coefficient (Wildman–Crippen LogP) is -1.83. The molecule has 0 fully saturated rings. The molecule has 1 heterocycles. The third-order valence-electron chi connectivity index (χ3n) is 4.68. The summed E-state index contributed by atoms with van der Waals surface area (Å²) in [6.45, 7) is -0.548. The number of carboxylic acid groups (broad SMARTS) is 2. The van der Waals surface area contributed by atoms with Crippen molar-refractivity contribution in [3.63, 3.8) is 0 Å². The smallest absolute Gasteiger partial charge is 0.326 e. The summed E-state index contributed by atoms with van der Waals surface area (Å²) in [5.74, 6) is -4.86. The topological polar surface area (TPSA) is 217 Å². The van der Waals surface area contributed by atoms with Crippen LogP contribution in [-0.2, 0) is 36.8 Å². The fourth-order valence-electron chi connectivity index (χ4n) is 2.97. The first kappa shape index (κ1) is 26.0. The number of carboxylic acids is 2. The molecule has 3 amide bonds. The summed E-state index contributed by atoms with van der Waals surface area (Å²) in [5, 5.41) is 25.2. The van der Waals surface area contributed by atoms with Gasteiger partial charge in [-0.2, -0.15) is 0 Å². The van der Waals surface area contributed by atoms with Crippen LogP contribution < -0.4 is 21.7 Å². The van der Waals surface area contributed by atoms with Gasteiger partial charge in [0.05, 0.1) is 25.3 Å². The highest BCUT2D eigenvalue weighted by molar-refractivity contribution is 5.93. The van der Waals surface area contributed by atoms with Gasteiger partial charge in [-0.25, -0.2) is 9.78 Å². The molecule has 0 aliphatic rings. The summed E-state index contributed by atoms with van der Waals surface area (Å²) >= 11 is 0. The number of carbonyl (C=O) groups excluding carboxylic acids is 3. The van der Waals surface area contributed by atoms with Gasteiger partial charge in [-0.1, -0.05) is 30.3 Å². The van der Waals surface area contributed by atoms with Crippen LogP contribution in [0.1, 0.15) is 17.7 Å². The number of aromatic nitrogens is 2. The van der Waals surface area contributed by atoms with Crippen molar-refractivity contribution in [2.75, 3.05) is 6.54 Å². The van der Waals surface area contributed by atoms with Crippen molar-refractivity contribution < 1.29 is 34.2 Å². The Bertz CT molecular complexity index is 996. The molecule has 2 aromatic rings. The highest BCUT2D eigenvalue weighted by atomic mass is 16.4. The van der Waals surface area contributed by atoms with Crippen molar-refractivity contribution in [3.8, 4) is 0 Å². The van der Waals surface area contributed by atoms with Crippen molar-refractivity contribution in [1.29, 1.82) is 0 Å². The van der Waals surface area contributed by atoms with Crippen molar-refractivity contribution >= 4 is 29.7 Å². The summed E-state index contributed by atoms with van der Waals surface area (Å²) in [5.41, 5.74) is 6.77. The number of amides is 3. The average molecular weight is 474 g/mol. The SMILES string of the molecule is NC(CC(=O)O)C(=O)NC(Cc1ccccc1)C(=O)NCC(=O)NC(Cc1cnc[nH]1)C(=O)O. The second-order valence-electron chi connectivity index (χ2n) is 7.41. The van der Waals surface area contributed by atoms with Crippen LogP contribution in [0, 0.1) is 0 Å². The lowest BCUT2D eigenvalue weighted by atomic mass is 10.0. The minimum Gasteiger partial charge on any atom is -0.481 e. The van der Waals surface area contributed by atoms with E-state index in [-0.39, 0.29) is 12.8 Å². The van der Waals surface area contributed by atoms with E-state index in [4.69, 9.17) is 10.8 Å². The first-order valence-electron chi connectivity index (χ1n) is 10.2. The molecule has 13 heteroatoms. The van der Waals surface area contributed by atoms with Crippen LogP contribution in [0.4, 0.5) is 0 Å². The molecule has 0 saturated heterocycles. The predicted molar refractivity (Wildman–Crippen MR) is 117 cm³/mol. The fraction of sp³-hybridized carbons (Fsp3) is 0.333. The molecule has 2 rings (SSSR count). The van der Waals surface area contributed by atoms with Gasteiger partial charge in [0, 0.05) is 24.7 Å². The van der Waals surface area contributed by atoms with E-state index in [1.165, 1.54) is 12.5 Å². The molecule has 8 N–H and O–H groups in total. The molecule has 3 atom stereocenters. The molecule has 1 aromatic carbocycles. The maximum Gasteiger partial charge on any atom is 0.326 e. The van der Waals surface area contributed by atoms with E-state index in [1.807, 2.05) is 0 Å². The Morgan fingerprint density at radius 3 is 2.26 bits per heavy atom. The molecule has 13 nitrogen and oxygen atoms in total. The van der Waals surface area contributed by atoms with Gasteiger partial charge in [0.25, 0.3) is 0 Å². The molecular weight excluding hydrogens is 448 g/mol. The standard InChI is InChI=1S/C21H26N6O7/c22-14(8-18(29)30)19(31)27-15(6-12-4-2-1-3-5-12)20(32)24-10-17(28)26-16(21(33)34)7-13-9-23-11-25-13/h1-5,9,11,14-16H,6-8,10,22H2,(H,23,25)(H,24,32)(H,26,28)(H,27,31)(H,29,30)(H,33,34). The van der Waals surface area contributed by atoms with Gasteiger partial charge in [-0.3, -0.25) is 19.2 Å². The maximum absolute atomic E-state index is 12.7. The normalized spacial score (nSPS) is 13.2. The molecule has 0 saturated carbocycles. The Hall–Kier alpha value is -4.26. The quantitative estimate of drug-likeness (QED) is 0.173. The molecule has 1 aromatic heterocycles. The zero-order valence-electron chi connectivity index (χ0n) is 18.1. The highest BCUT2D eigenvalue weighted by Gasteiger charge is 2.26. The number of carbonyl (C=O) groups is 5. The molecule has 182 valence electrons. The fourth-order valence-corrected chi connectivity index (χ4v) is 2.97. The number of H-pyrrole nitrogens is 1. The molecule has 0 radical (unpaired) electrons. The summed E-state index contributed by atoms with van der Waals surface area (Å²) in [6.07, 6.45) is 2.19. The van der Waals surface area contributed by atoms with Crippen LogP contribution in [0.15, 0.2) is 42.9 Å². The molecule has 0 bridgehead atoms. The Morgan fingerprint density at radius 1 is 0.971 bits per heavy atom. The summed E-state index contributed by atoms with van der Waals surface area (Å²) in [4.78, 5) is 66.0. The first-order valence-corrected chi connectivity index (χ1v) is 10.2. The molecule has 3 unspecified atom stereocenters. The van der Waals surface area contributed by atoms with E-state index in [0.717, 1.165) is 0 Å². The third-order valence-corrected chi connectivity index (χ3v) is 4.68. The second-order valence-corrected chi connectivity index (χ2v) is 7.41. The molecule has 0 spiro atoms. The maximum atomic E-state index is 12.7. The van der Waals surface area contributed by atoms with Crippen molar-refractivity contribution in [1.82, 2.24) is 25.9 Å². The summed E-state index contributed by atoms with van der Waals surface area (Å²) < 4.78 is 0. The minimum atomic E-state index is -1.37. The minimum absolute atomic E-state index is 0.0385. The Labute approximate surface area is 194 Å². The van der Waals surface area contributed by atoms with Gasteiger partial charge >= 0.3 is 11.9 Å². The van der Waals surface area contributed by atoms with Crippen molar-refractivity contribution in [2.45, 2.75) is 37.4 Å². The van der Waals surface area contributed by atoms with Gasteiger partial charge in [-0.15, -0.1) is 0 Å². The number of nitrogens with two attached hydrogens (primary N) is 1. The number of imidazole rings is 1. The Balaban J connectivity index is 1.99. The lowest BCUT2D eigenvalue weighted by Crippen LogP contribution is -2.54. The number of hydrogen-bond acceptors (Lipinski definition) is 7. The zero-order valence-corrected chi connectivity index (χ0v) is 18.1. The molecular formula is C21H26N6O7. The van der Waals surface area contributed by atoms with E-state index >= 15 is 0 Å². The van der Waals surface area contributed by atoms with E-state index < -0.39 is 60.8 Å². The van der Waals surface area contributed by atoms with E-state index in [2.05, 4.69) is 25.9 Å². The largest absolute Gasteiger partial charge is 0.481 e. The Kier molecular flexibility index (Phi) is 9.71. The first-order chi connectivity index (χ1) is 16.2.